The van der Waals surface area contributed by atoms with Crippen molar-refractivity contribution in [3.63, 3.8) is 0 Å². The summed E-state index contributed by atoms with van der Waals surface area (Å²) in [6.07, 6.45) is 3.02. The van der Waals surface area contributed by atoms with E-state index in [-0.39, 0.29) is 5.91 Å². The summed E-state index contributed by atoms with van der Waals surface area (Å²) in [6.45, 7) is 5.79. The maximum absolute atomic E-state index is 11.7. The van der Waals surface area contributed by atoms with Gasteiger partial charge in [0.25, 0.3) is 0 Å². The number of nitrogens with one attached hydrogen (secondary N) is 3. The zero-order valence-electron chi connectivity index (χ0n) is 18.0. The Hall–Kier alpha value is -3.61. The Labute approximate surface area is 183 Å². The van der Waals surface area contributed by atoms with Gasteiger partial charge in [-0.1, -0.05) is 37.3 Å². The molecule has 3 rings (SSSR count). The molecule has 7 heteroatoms. The predicted octanol–water partition coefficient (Wildman–Crippen LogP) is 4.34. The molecule has 0 atom stereocenters. The van der Waals surface area contributed by atoms with Crippen molar-refractivity contribution in [3.05, 3.63) is 72.1 Å². The molecule has 0 aliphatic carbocycles. The van der Waals surface area contributed by atoms with Gasteiger partial charge < -0.3 is 20.4 Å². The third kappa shape index (κ3) is 6.99. The SMILES string of the molecule is CCCC(=O)Nc1ccc(CN=C(NCC)NCc2coc(-c3ccccc3)n2)cc1. The van der Waals surface area contributed by atoms with E-state index in [0.29, 0.717) is 31.4 Å². The van der Waals surface area contributed by atoms with Crippen molar-refractivity contribution < 1.29 is 9.21 Å². The molecule has 0 spiro atoms. The fourth-order valence-electron chi connectivity index (χ4n) is 2.93. The van der Waals surface area contributed by atoms with Gasteiger partial charge in [-0.15, -0.1) is 0 Å². The lowest BCUT2D eigenvalue weighted by molar-refractivity contribution is -0.116. The lowest BCUT2D eigenvalue weighted by atomic mass is 10.2. The van der Waals surface area contributed by atoms with Crippen molar-refractivity contribution in [2.75, 3.05) is 11.9 Å². The molecule has 0 bridgehead atoms. The zero-order valence-corrected chi connectivity index (χ0v) is 18.0. The molecule has 0 aliphatic rings. The van der Waals surface area contributed by atoms with Crippen LogP contribution in [0.1, 0.15) is 37.9 Å². The van der Waals surface area contributed by atoms with Crippen LogP contribution < -0.4 is 16.0 Å². The average Bonchev–Trinajstić information content (AvgIpc) is 3.26. The largest absolute Gasteiger partial charge is 0.444 e. The van der Waals surface area contributed by atoms with Crippen molar-refractivity contribution in [2.45, 2.75) is 39.8 Å². The minimum atomic E-state index is 0.0372. The smallest absolute Gasteiger partial charge is 0.226 e. The molecule has 31 heavy (non-hydrogen) atoms. The van der Waals surface area contributed by atoms with E-state index in [2.05, 4.69) is 25.9 Å². The van der Waals surface area contributed by atoms with Crippen molar-refractivity contribution in [2.24, 2.45) is 4.99 Å². The molecular weight excluding hydrogens is 390 g/mol. The monoisotopic (exact) mass is 419 g/mol. The summed E-state index contributed by atoms with van der Waals surface area (Å²) in [5.74, 6) is 1.34. The molecule has 3 N–H and O–H groups in total. The number of rotatable bonds is 9. The number of guanidine groups is 1. The second-order valence-electron chi connectivity index (χ2n) is 7.05. The van der Waals surface area contributed by atoms with Gasteiger partial charge in [0.2, 0.25) is 11.8 Å². The molecule has 0 radical (unpaired) electrons. The summed E-state index contributed by atoms with van der Waals surface area (Å²) in [5.41, 5.74) is 3.61. The fraction of sp³-hybridized carbons (Fsp3) is 0.292. The van der Waals surface area contributed by atoms with Crippen LogP contribution in [0.15, 0.2) is 70.3 Å². The molecule has 0 unspecified atom stereocenters. The quantitative estimate of drug-likeness (QED) is 0.355. The van der Waals surface area contributed by atoms with E-state index in [1.54, 1.807) is 6.26 Å². The van der Waals surface area contributed by atoms with Crippen LogP contribution in [0.5, 0.6) is 0 Å². The lowest BCUT2D eigenvalue weighted by Crippen LogP contribution is -2.36. The molecule has 0 saturated heterocycles. The third-order valence-electron chi connectivity index (χ3n) is 4.49. The number of oxazole rings is 1. The molecule has 1 amide bonds. The second kappa shape index (κ2) is 11.5. The number of aliphatic imine (C=N–C) groups is 1. The number of hydrogen-bond donors (Lipinski definition) is 3. The van der Waals surface area contributed by atoms with Crippen LogP contribution >= 0.6 is 0 Å². The van der Waals surface area contributed by atoms with Gasteiger partial charge in [-0.25, -0.2) is 9.98 Å². The van der Waals surface area contributed by atoms with E-state index in [4.69, 9.17) is 4.42 Å². The van der Waals surface area contributed by atoms with Crippen molar-refractivity contribution in [3.8, 4) is 11.5 Å². The highest BCUT2D eigenvalue weighted by Gasteiger charge is 2.07. The Kier molecular flexibility index (Phi) is 8.22. The number of amides is 1. The highest BCUT2D eigenvalue weighted by molar-refractivity contribution is 5.90. The average molecular weight is 420 g/mol. The number of hydrogen-bond acceptors (Lipinski definition) is 4. The Balaban J connectivity index is 1.55. The first-order valence-electron chi connectivity index (χ1n) is 10.6. The maximum Gasteiger partial charge on any atom is 0.226 e. The number of benzene rings is 2. The molecule has 0 aliphatic heterocycles. The Bertz CT molecular complexity index is 981. The van der Waals surface area contributed by atoms with Gasteiger partial charge in [-0.2, -0.15) is 0 Å². The molecule has 1 aromatic heterocycles. The minimum absolute atomic E-state index is 0.0372. The number of carbonyl (C=O) groups is 1. The highest BCUT2D eigenvalue weighted by atomic mass is 16.3. The maximum atomic E-state index is 11.7. The number of nitrogens with zero attached hydrogens (tertiary/aromatic N) is 2. The van der Waals surface area contributed by atoms with E-state index in [1.165, 1.54) is 0 Å². The number of anilines is 1. The van der Waals surface area contributed by atoms with Gasteiger partial charge in [0, 0.05) is 24.2 Å². The van der Waals surface area contributed by atoms with Crippen LogP contribution in [0.3, 0.4) is 0 Å². The van der Waals surface area contributed by atoms with E-state index >= 15 is 0 Å². The molecule has 7 nitrogen and oxygen atoms in total. The molecule has 1 heterocycles. The van der Waals surface area contributed by atoms with Gasteiger partial charge in [-0.05, 0) is 43.2 Å². The summed E-state index contributed by atoms with van der Waals surface area (Å²) in [4.78, 5) is 20.9. The first kappa shape index (κ1) is 22.1. The van der Waals surface area contributed by atoms with E-state index in [1.807, 2.05) is 68.4 Å². The zero-order chi connectivity index (χ0) is 21.9. The molecule has 3 aromatic rings. The highest BCUT2D eigenvalue weighted by Crippen LogP contribution is 2.17. The first-order valence-corrected chi connectivity index (χ1v) is 10.6. The second-order valence-corrected chi connectivity index (χ2v) is 7.05. The van der Waals surface area contributed by atoms with Crippen LogP contribution in [0, 0.1) is 0 Å². The Morgan fingerprint density at radius 2 is 1.81 bits per heavy atom. The first-order chi connectivity index (χ1) is 15.2. The van der Waals surface area contributed by atoms with E-state index in [9.17, 15) is 4.79 Å². The summed E-state index contributed by atoms with van der Waals surface area (Å²) in [6, 6.07) is 17.6. The van der Waals surface area contributed by atoms with Crippen LogP contribution in [-0.2, 0) is 17.9 Å². The van der Waals surface area contributed by atoms with Crippen molar-refractivity contribution >= 4 is 17.6 Å². The molecule has 0 fully saturated rings. The van der Waals surface area contributed by atoms with Crippen molar-refractivity contribution in [1.82, 2.24) is 15.6 Å². The van der Waals surface area contributed by atoms with Crippen LogP contribution in [0.25, 0.3) is 11.5 Å². The van der Waals surface area contributed by atoms with Gasteiger partial charge in [-0.3, -0.25) is 4.79 Å². The van der Waals surface area contributed by atoms with Crippen molar-refractivity contribution in [1.29, 1.82) is 0 Å². The molecule has 0 saturated carbocycles. The fourth-order valence-corrected chi connectivity index (χ4v) is 2.93. The summed E-state index contributed by atoms with van der Waals surface area (Å²) in [7, 11) is 0. The van der Waals surface area contributed by atoms with Gasteiger partial charge in [0.1, 0.15) is 6.26 Å². The summed E-state index contributed by atoms with van der Waals surface area (Å²) in [5, 5.41) is 9.41. The summed E-state index contributed by atoms with van der Waals surface area (Å²) >= 11 is 0. The molecule has 162 valence electrons. The lowest BCUT2D eigenvalue weighted by Gasteiger charge is -2.10. The van der Waals surface area contributed by atoms with Crippen LogP contribution in [0.2, 0.25) is 0 Å². The predicted molar refractivity (Wildman–Crippen MR) is 124 cm³/mol. The Morgan fingerprint density at radius 3 is 2.52 bits per heavy atom. The van der Waals surface area contributed by atoms with Gasteiger partial charge in [0.15, 0.2) is 5.96 Å². The number of aromatic nitrogens is 1. The van der Waals surface area contributed by atoms with E-state index in [0.717, 1.165) is 35.5 Å². The molecule has 2 aromatic carbocycles. The third-order valence-corrected chi connectivity index (χ3v) is 4.49. The van der Waals surface area contributed by atoms with E-state index < -0.39 is 0 Å². The topological polar surface area (TPSA) is 91.5 Å². The normalized spacial score (nSPS) is 11.2. The van der Waals surface area contributed by atoms with Gasteiger partial charge >= 0.3 is 0 Å². The minimum Gasteiger partial charge on any atom is -0.444 e. The van der Waals surface area contributed by atoms with Crippen LogP contribution in [-0.4, -0.2) is 23.4 Å². The molecular formula is C24H29N5O2. The van der Waals surface area contributed by atoms with Gasteiger partial charge in [0.05, 0.1) is 18.8 Å². The standard InChI is InChI=1S/C24H29N5O2/c1-3-8-22(30)28-20-13-11-18(12-14-20)15-26-24(25-4-2)27-16-21-17-31-23(29-21)19-9-6-5-7-10-19/h5-7,9-14,17H,3-4,8,15-16H2,1-2H3,(H,28,30)(H2,25,26,27). The number of carbonyl (C=O) groups excluding carboxylic acids is 1. The summed E-state index contributed by atoms with van der Waals surface area (Å²) < 4.78 is 5.58. The van der Waals surface area contributed by atoms with Crippen LogP contribution in [0.4, 0.5) is 5.69 Å². The Morgan fingerprint density at radius 1 is 1.03 bits per heavy atom.